The molecule has 0 spiro atoms. The average molecular weight is 571 g/mol. The first kappa shape index (κ1) is 25.7. The molecule has 36 heavy (non-hydrogen) atoms. The van der Waals surface area contributed by atoms with E-state index in [0.29, 0.717) is 51.0 Å². The van der Waals surface area contributed by atoms with Gasteiger partial charge in [-0.15, -0.1) is 0 Å². The van der Waals surface area contributed by atoms with E-state index in [2.05, 4.69) is 26.0 Å². The van der Waals surface area contributed by atoms with Gasteiger partial charge in [0.15, 0.2) is 11.5 Å². The Hall–Kier alpha value is -3.36. The first-order valence-electron chi connectivity index (χ1n) is 11.3. The van der Waals surface area contributed by atoms with E-state index in [1.54, 1.807) is 38.6 Å². The molecule has 0 amide bonds. The molecule has 0 saturated carbocycles. The van der Waals surface area contributed by atoms with E-state index in [1.807, 2.05) is 43.3 Å². The number of rotatable bonds is 9. The normalized spacial score (nSPS) is 11.2. The van der Waals surface area contributed by atoms with E-state index < -0.39 is 0 Å². The summed E-state index contributed by atoms with van der Waals surface area (Å²) in [6, 6.07) is 16.4. The third-order valence-electron chi connectivity index (χ3n) is 5.48. The van der Waals surface area contributed by atoms with Gasteiger partial charge in [-0.3, -0.25) is 4.79 Å². The quantitative estimate of drug-likeness (QED) is 0.223. The fraction of sp³-hybridized carbons (Fsp3) is 0.222. The maximum Gasteiger partial charge on any atom is 0.282 e. The molecule has 0 aliphatic carbocycles. The number of methoxy groups -OCH3 is 2. The van der Waals surface area contributed by atoms with Crippen LogP contribution in [0.2, 0.25) is 5.02 Å². The lowest BCUT2D eigenvalue weighted by Crippen LogP contribution is -2.22. The SMILES string of the molecule is CCCc1nc2ccc(Br)cc2c(=O)n1N=Cc1cc(OC)c(OCc2ccccc2Cl)c(OC)c1. The molecule has 0 radical (unpaired) electrons. The molecule has 0 saturated heterocycles. The Morgan fingerprint density at radius 1 is 1.08 bits per heavy atom. The Morgan fingerprint density at radius 2 is 1.81 bits per heavy atom. The van der Waals surface area contributed by atoms with Crippen LogP contribution in [0.1, 0.15) is 30.3 Å². The van der Waals surface area contributed by atoms with Crippen molar-refractivity contribution in [2.75, 3.05) is 14.2 Å². The highest BCUT2D eigenvalue weighted by Crippen LogP contribution is 2.39. The predicted molar refractivity (Wildman–Crippen MR) is 146 cm³/mol. The Labute approximate surface area is 222 Å². The number of nitrogens with zero attached hydrogens (tertiary/aromatic N) is 3. The molecule has 0 N–H and O–H groups in total. The lowest BCUT2D eigenvalue weighted by atomic mass is 10.2. The molecule has 0 unspecified atom stereocenters. The molecular weight excluding hydrogens is 546 g/mol. The van der Waals surface area contributed by atoms with Crippen molar-refractivity contribution in [3.05, 3.63) is 91.4 Å². The van der Waals surface area contributed by atoms with E-state index in [4.69, 9.17) is 25.8 Å². The molecular formula is C27H25BrClN3O4. The van der Waals surface area contributed by atoms with Crippen LogP contribution in [0.3, 0.4) is 0 Å². The molecule has 7 nitrogen and oxygen atoms in total. The minimum Gasteiger partial charge on any atom is -0.493 e. The molecule has 0 fully saturated rings. The van der Waals surface area contributed by atoms with Crippen LogP contribution in [0.5, 0.6) is 17.2 Å². The molecule has 4 rings (SSSR count). The fourth-order valence-electron chi connectivity index (χ4n) is 3.71. The van der Waals surface area contributed by atoms with Crippen LogP contribution in [0.15, 0.2) is 69.0 Å². The third kappa shape index (κ3) is 5.55. The number of halogens is 2. The van der Waals surface area contributed by atoms with E-state index in [0.717, 1.165) is 16.5 Å². The van der Waals surface area contributed by atoms with Crippen molar-refractivity contribution in [2.24, 2.45) is 5.10 Å². The summed E-state index contributed by atoms with van der Waals surface area (Å²) in [4.78, 5) is 17.9. The highest BCUT2D eigenvalue weighted by atomic mass is 79.9. The van der Waals surface area contributed by atoms with Gasteiger partial charge in [0, 0.05) is 27.0 Å². The topological polar surface area (TPSA) is 74.9 Å². The van der Waals surface area contributed by atoms with Gasteiger partial charge in [-0.2, -0.15) is 9.78 Å². The second-order valence-electron chi connectivity index (χ2n) is 7.94. The van der Waals surface area contributed by atoms with Crippen molar-refractivity contribution >= 4 is 44.6 Å². The van der Waals surface area contributed by atoms with Crippen LogP contribution in [-0.2, 0) is 13.0 Å². The summed E-state index contributed by atoms with van der Waals surface area (Å²) in [6.07, 6.45) is 3.01. The van der Waals surface area contributed by atoms with E-state index >= 15 is 0 Å². The fourth-order valence-corrected chi connectivity index (χ4v) is 4.26. The van der Waals surface area contributed by atoms with Crippen LogP contribution < -0.4 is 19.8 Å². The number of ether oxygens (including phenoxy) is 3. The van der Waals surface area contributed by atoms with Gasteiger partial charge < -0.3 is 14.2 Å². The monoisotopic (exact) mass is 569 g/mol. The van der Waals surface area contributed by atoms with Gasteiger partial charge in [-0.05, 0) is 42.8 Å². The van der Waals surface area contributed by atoms with Crippen LogP contribution in [0.4, 0.5) is 0 Å². The number of aryl methyl sites for hydroxylation is 1. The van der Waals surface area contributed by atoms with Crippen LogP contribution in [-0.4, -0.2) is 30.1 Å². The average Bonchev–Trinajstić information content (AvgIpc) is 2.88. The Balaban J connectivity index is 1.71. The van der Waals surface area contributed by atoms with Crippen LogP contribution >= 0.6 is 27.5 Å². The number of hydrogen-bond acceptors (Lipinski definition) is 6. The molecule has 0 bridgehead atoms. The molecule has 3 aromatic carbocycles. The first-order chi connectivity index (χ1) is 17.4. The Kier molecular flexibility index (Phi) is 8.28. The molecule has 0 aliphatic rings. The minimum atomic E-state index is -0.236. The Bertz CT molecular complexity index is 1460. The zero-order valence-electron chi connectivity index (χ0n) is 20.1. The molecule has 4 aromatic rings. The van der Waals surface area contributed by atoms with Crippen LogP contribution in [0.25, 0.3) is 10.9 Å². The van der Waals surface area contributed by atoms with Crippen molar-refractivity contribution in [1.82, 2.24) is 9.66 Å². The van der Waals surface area contributed by atoms with Gasteiger partial charge in [-0.25, -0.2) is 4.98 Å². The van der Waals surface area contributed by atoms with Crippen molar-refractivity contribution < 1.29 is 14.2 Å². The Morgan fingerprint density at radius 3 is 2.47 bits per heavy atom. The van der Waals surface area contributed by atoms with Crippen molar-refractivity contribution in [2.45, 2.75) is 26.4 Å². The van der Waals surface area contributed by atoms with Crippen molar-refractivity contribution in [3.63, 3.8) is 0 Å². The second kappa shape index (κ2) is 11.6. The zero-order chi connectivity index (χ0) is 25.7. The number of hydrogen-bond donors (Lipinski definition) is 0. The molecule has 1 heterocycles. The number of benzene rings is 3. The largest absolute Gasteiger partial charge is 0.493 e. The number of fused-ring (bicyclic) bond motifs is 1. The van der Waals surface area contributed by atoms with E-state index in [-0.39, 0.29) is 12.2 Å². The molecule has 1 aromatic heterocycles. The third-order valence-corrected chi connectivity index (χ3v) is 6.35. The van der Waals surface area contributed by atoms with Gasteiger partial charge in [0.25, 0.3) is 5.56 Å². The summed E-state index contributed by atoms with van der Waals surface area (Å²) >= 11 is 9.68. The van der Waals surface area contributed by atoms with E-state index in [1.165, 1.54) is 4.68 Å². The van der Waals surface area contributed by atoms with Gasteiger partial charge in [-0.1, -0.05) is 52.7 Å². The maximum absolute atomic E-state index is 13.3. The highest BCUT2D eigenvalue weighted by molar-refractivity contribution is 9.10. The summed E-state index contributed by atoms with van der Waals surface area (Å²) < 4.78 is 19.3. The summed E-state index contributed by atoms with van der Waals surface area (Å²) in [7, 11) is 3.10. The summed E-state index contributed by atoms with van der Waals surface area (Å²) in [5.74, 6) is 1.96. The molecule has 0 atom stereocenters. The lowest BCUT2D eigenvalue weighted by Gasteiger charge is -2.16. The highest BCUT2D eigenvalue weighted by Gasteiger charge is 2.15. The smallest absolute Gasteiger partial charge is 0.282 e. The minimum absolute atomic E-state index is 0.236. The maximum atomic E-state index is 13.3. The summed E-state index contributed by atoms with van der Waals surface area (Å²) in [5, 5.41) is 5.59. The molecule has 186 valence electrons. The lowest BCUT2D eigenvalue weighted by molar-refractivity contribution is 0.266. The van der Waals surface area contributed by atoms with Gasteiger partial charge in [0.05, 0.1) is 31.3 Å². The molecule has 9 heteroatoms. The van der Waals surface area contributed by atoms with Gasteiger partial charge in [0.1, 0.15) is 12.4 Å². The summed E-state index contributed by atoms with van der Waals surface area (Å²) in [6.45, 7) is 2.27. The van der Waals surface area contributed by atoms with Crippen molar-refractivity contribution in [3.8, 4) is 17.2 Å². The first-order valence-corrected chi connectivity index (χ1v) is 12.5. The van der Waals surface area contributed by atoms with Gasteiger partial charge >= 0.3 is 0 Å². The second-order valence-corrected chi connectivity index (χ2v) is 9.26. The standard InChI is InChI=1S/C27H25BrClN3O4/c1-4-7-25-31-22-11-10-19(28)14-20(22)27(33)32(25)30-15-17-12-23(34-2)26(24(13-17)35-3)36-16-18-8-5-6-9-21(18)29/h5-6,8-15H,4,7,16H2,1-3H3. The predicted octanol–water partition coefficient (Wildman–Crippen LogP) is 6.24. The van der Waals surface area contributed by atoms with E-state index in [9.17, 15) is 4.79 Å². The number of aromatic nitrogens is 2. The van der Waals surface area contributed by atoms with Crippen molar-refractivity contribution in [1.29, 1.82) is 0 Å². The van der Waals surface area contributed by atoms with Gasteiger partial charge in [0.2, 0.25) is 5.75 Å². The molecule has 0 aliphatic heterocycles. The summed E-state index contributed by atoms with van der Waals surface area (Å²) in [5.41, 5.74) is 1.91. The zero-order valence-corrected chi connectivity index (χ0v) is 22.5. The van der Waals surface area contributed by atoms with Crippen LogP contribution in [0, 0.1) is 0 Å².